The third-order valence-electron chi connectivity index (χ3n) is 3.68. The average Bonchev–Trinajstić information content (AvgIpc) is 2.88. The van der Waals surface area contributed by atoms with Gasteiger partial charge in [0, 0.05) is 6.04 Å². The van der Waals surface area contributed by atoms with E-state index in [-0.39, 0.29) is 5.69 Å². The Kier molecular flexibility index (Phi) is 4.82. The van der Waals surface area contributed by atoms with Gasteiger partial charge in [-0.05, 0) is 25.7 Å². The zero-order chi connectivity index (χ0) is 13.7. The molecule has 5 heteroatoms. The molecule has 0 amide bonds. The van der Waals surface area contributed by atoms with E-state index in [0.717, 1.165) is 18.8 Å². The highest BCUT2D eigenvalue weighted by atomic mass is 16.5. The highest BCUT2D eigenvalue weighted by Gasteiger charge is 2.22. The minimum atomic E-state index is -0.436. The second-order valence-corrected chi connectivity index (χ2v) is 5.04. The Labute approximate surface area is 113 Å². The van der Waals surface area contributed by atoms with Crippen LogP contribution in [0.15, 0.2) is 10.7 Å². The Morgan fingerprint density at radius 2 is 2.37 bits per heavy atom. The van der Waals surface area contributed by atoms with Gasteiger partial charge in [0.05, 0.1) is 6.61 Å². The predicted octanol–water partition coefficient (Wildman–Crippen LogP) is 3.23. The molecule has 0 saturated heterocycles. The Balaban J connectivity index is 1.90. The molecule has 0 radical (unpaired) electrons. The van der Waals surface area contributed by atoms with Crippen LogP contribution >= 0.6 is 0 Å². The molecule has 0 bridgehead atoms. The molecule has 2 rings (SSSR count). The second-order valence-electron chi connectivity index (χ2n) is 5.04. The van der Waals surface area contributed by atoms with E-state index in [9.17, 15) is 4.79 Å². The Morgan fingerprint density at radius 1 is 1.53 bits per heavy atom. The smallest absolute Gasteiger partial charge is 0.360 e. The predicted molar refractivity (Wildman–Crippen MR) is 72.1 cm³/mol. The molecular formula is C14H22N2O3. The molecule has 2 unspecified atom stereocenters. The van der Waals surface area contributed by atoms with E-state index >= 15 is 0 Å². The summed E-state index contributed by atoms with van der Waals surface area (Å²) in [6, 6.07) is 0.817. The van der Waals surface area contributed by atoms with Crippen molar-refractivity contribution in [3.63, 3.8) is 0 Å². The van der Waals surface area contributed by atoms with E-state index in [2.05, 4.69) is 17.2 Å². The van der Waals surface area contributed by atoms with Crippen molar-refractivity contribution in [3.8, 4) is 0 Å². The number of ether oxygens (including phenoxy) is 1. The van der Waals surface area contributed by atoms with Gasteiger partial charge in [-0.1, -0.05) is 26.2 Å². The largest absolute Gasteiger partial charge is 0.461 e. The number of aromatic nitrogens is 1. The molecule has 1 N–H and O–H groups in total. The molecule has 1 saturated carbocycles. The number of nitrogens with zero attached hydrogens (tertiary/aromatic N) is 1. The van der Waals surface area contributed by atoms with Crippen LogP contribution in [-0.2, 0) is 4.74 Å². The van der Waals surface area contributed by atoms with Crippen LogP contribution in [0.25, 0.3) is 0 Å². The first-order valence-electron chi connectivity index (χ1n) is 7.12. The van der Waals surface area contributed by atoms with Crippen LogP contribution in [0.3, 0.4) is 0 Å². The van der Waals surface area contributed by atoms with E-state index in [1.165, 1.54) is 25.5 Å². The summed E-state index contributed by atoms with van der Waals surface area (Å²) in [5, 5.41) is 3.28. The normalized spacial score (nSPS) is 23.1. The monoisotopic (exact) mass is 266 g/mol. The lowest BCUT2D eigenvalue weighted by Crippen LogP contribution is -2.27. The minimum Gasteiger partial charge on any atom is -0.461 e. The summed E-state index contributed by atoms with van der Waals surface area (Å²) < 4.78 is 10.2. The molecular weight excluding hydrogens is 244 g/mol. The van der Waals surface area contributed by atoms with Gasteiger partial charge in [0.2, 0.25) is 0 Å². The number of nitrogens with one attached hydrogen (secondary N) is 1. The van der Waals surface area contributed by atoms with Crippen molar-refractivity contribution >= 4 is 12.0 Å². The van der Waals surface area contributed by atoms with Crippen molar-refractivity contribution in [1.82, 2.24) is 4.98 Å². The minimum absolute atomic E-state index is 0.229. The first kappa shape index (κ1) is 13.9. The van der Waals surface area contributed by atoms with Gasteiger partial charge in [0.25, 0.3) is 6.01 Å². The molecule has 5 nitrogen and oxygen atoms in total. The fourth-order valence-corrected chi connectivity index (χ4v) is 2.61. The molecule has 0 aromatic carbocycles. The third kappa shape index (κ3) is 3.72. The summed E-state index contributed by atoms with van der Waals surface area (Å²) in [6.07, 6.45) is 7.40. The van der Waals surface area contributed by atoms with Gasteiger partial charge < -0.3 is 14.5 Å². The van der Waals surface area contributed by atoms with Gasteiger partial charge in [-0.25, -0.2) is 4.79 Å². The van der Waals surface area contributed by atoms with E-state index in [1.54, 1.807) is 6.92 Å². The first-order valence-corrected chi connectivity index (χ1v) is 7.12. The van der Waals surface area contributed by atoms with Gasteiger partial charge in [-0.2, -0.15) is 4.98 Å². The third-order valence-corrected chi connectivity index (χ3v) is 3.68. The summed E-state index contributed by atoms with van der Waals surface area (Å²) in [5.41, 5.74) is 0.229. The van der Waals surface area contributed by atoms with Crippen LogP contribution in [0.1, 0.15) is 56.4 Å². The molecule has 0 aliphatic heterocycles. The molecule has 1 heterocycles. The molecule has 1 fully saturated rings. The van der Waals surface area contributed by atoms with Crippen LogP contribution in [0.2, 0.25) is 0 Å². The fourth-order valence-electron chi connectivity index (χ4n) is 2.61. The molecule has 1 aliphatic carbocycles. The standard InChI is InChI=1S/C14H22N2O3/c1-3-10-6-5-7-11(8-10)15-14-16-12(9-19-14)13(17)18-4-2/h9-11H,3-8H2,1-2H3,(H,15,16). The summed E-state index contributed by atoms with van der Waals surface area (Å²) in [6.45, 7) is 4.34. The highest BCUT2D eigenvalue weighted by Crippen LogP contribution is 2.28. The number of hydrogen-bond donors (Lipinski definition) is 1. The number of hydrogen-bond acceptors (Lipinski definition) is 5. The van der Waals surface area contributed by atoms with E-state index in [1.807, 2.05) is 0 Å². The first-order chi connectivity index (χ1) is 9.22. The van der Waals surface area contributed by atoms with Crippen LogP contribution < -0.4 is 5.32 Å². The van der Waals surface area contributed by atoms with Gasteiger partial charge in [-0.3, -0.25) is 0 Å². The lowest BCUT2D eigenvalue weighted by Gasteiger charge is -2.28. The summed E-state index contributed by atoms with van der Waals surface area (Å²) in [5.74, 6) is 0.347. The quantitative estimate of drug-likeness (QED) is 0.829. The summed E-state index contributed by atoms with van der Waals surface area (Å²) in [4.78, 5) is 15.6. The maximum absolute atomic E-state index is 11.5. The molecule has 1 aromatic rings. The van der Waals surface area contributed by atoms with Crippen LogP contribution in [0.4, 0.5) is 6.01 Å². The van der Waals surface area contributed by atoms with Gasteiger partial charge in [0.15, 0.2) is 5.69 Å². The Hall–Kier alpha value is -1.52. The van der Waals surface area contributed by atoms with Crippen LogP contribution in [-0.4, -0.2) is 23.6 Å². The van der Waals surface area contributed by atoms with Crippen molar-refractivity contribution in [2.75, 3.05) is 11.9 Å². The SMILES string of the molecule is CCOC(=O)c1coc(NC2CCCC(CC)C2)n1. The van der Waals surface area contributed by atoms with Crippen molar-refractivity contribution in [3.05, 3.63) is 12.0 Å². The lowest BCUT2D eigenvalue weighted by molar-refractivity contribution is 0.0519. The summed E-state index contributed by atoms with van der Waals surface area (Å²) in [7, 11) is 0. The maximum Gasteiger partial charge on any atom is 0.360 e. The van der Waals surface area contributed by atoms with Crippen molar-refractivity contribution in [2.24, 2.45) is 5.92 Å². The number of rotatable bonds is 5. The average molecular weight is 266 g/mol. The second kappa shape index (κ2) is 6.59. The fraction of sp³-hybridized carbons (Fsp3) is 0.714. The van der Waals surface area contributed by atoms with Crippen molar-refractivity contribution in [1.29, 1.82) is 0 Å². The van der Waals surface area contributed by atoms with Gasteiger partial charge >= 0.3 is 5.97 Å². The van der Waals surface area contributed by atoms with Gasteiger partial charge in [0.1, 0.15) is 6.26 Å². The maximum atomic E-state index is 11.5. The highest BCUT2D eigenvalue weighted by molar-refractivity contribution is 5.87. The van der Waals surface area contributed by atoms with Crippen LogP contribution in [0, 0.1) is 5.92 Å². The topological polar surface area (TPSA) is 64.4 Å². The van der Waals surface area contributed by atoms with E-state index in [0.29, 0.717) is 18.7 Å². The zero-order valence-corrected chi connectivity index (χ0v) is 11.6. The van der Waals surface area contributed by atoms with Crippen LogP contribution in [0.5, 0.6) is 0 Å². The number of anilines is 1. The molecule has 0 spiro atoms. The summed E-state index contributed by atoms with van der Waals surface area (Å²) >= 11 is 0. The van der Waals surface area contributed by atoms with E-state index < -0.39 is 5.97 Å². The van der Waals surface area contributed by atoms with E-state index in [4.69, 9.17) is 9.15 Å². The van der Waals surface area contributed by atoms with Crippen molar-refractivity contribution in [2.45, 2.75) is 52.0 Å². The molecule has 1 aromatic heterocycles. The molecule has 106 valence electrons. The molecule has 2 atom stereocenters. The number of carbonyl (C=O) groups excluding carboxylic acids is 1. The molecule has 1 aliphatic rings. The lowest BCUT2D eigenvalue weighted by atomic mass is 9.84. The zero-order valence-electron chi connectivity index (χ0n) is 11.6. The van der Waals surface area contributed by atoms with Gasteiger partial charge in [-0.15, -0.1) is 0 Å². The molecule has 19 heavy (non-hydrogen) atoms. The number of oxazole rings is 1. The number of carbonyl (C=O) groups is 1. The van der Waals surface area contributed by atoms with Crippen molar-refractivity contribution < 1.29 is 13.9 Å². The number of esters is 1. The Bertz CT molecular complexity index is 417. The Morgan fingerprint density at radius 3 is 3.11 bits per heavy atom.